The topological polar surface area (TPSA) is 32.3 Å². The molecule has 2 rings (SSSR count). The number of nitrogens with zero attached hydrogens (tertiary/aromatic N) is 1. The van der Waals surface area contributed by atoms with Gasteiger partial charge < -0.3 is 10.2 Å². The first kappa shape index (κ1) is 8.80. The van der Waals surface area contributed by atoms with Crippen LogP contribution in [-0.2, 0) is 4.79 Å². The largest absolute Gasteiger partial charge is 0.363 e. The Morgan fingerprint density at radius 1 is 1.54 bits per heavy atom. The van der Waals surface area contributed by atoms with Crippen molar-refractivity contribution in [1.29, 1.82) is 0 Å². The van der Waals surface area contributed by atoms with Crippen molar-refractivity contribution < 1.29 is 4.79 Å². The lowest BCUT2D eigenvalue weighted by molar-refractivity contribution is -0.115. The van der Waals surface area contributed by atoms with Crippen LogP contribution in [0.2, 0.25) is 0 Å². The lowest BCUT2D eigenvalue weighted by Crippen LogP contribution is -2.35. The van der Waals surface area contributed by atoms with Crippen molar-refractivity contribution in [1.82, 2.24) is 0 Å². The molecule has 1 aromatic carbocycles. The van der Waals surface area contributed by atoms with E-state index >= 15 is 0 Å². The van der Waals surface area contributed by atoms with Crippen LogP contribution >= 0.6 is 22.6 Å². The zero-order valence-corrected chi connectivity index (χ0v) is 9.33. The number of amides is 1. The minimum Gasteiger partial charge on any atom is -0.363 e. The Hall–Kier alpha value is -0.780. The lowest BCUT2D eigenvalue weighted by atomic mass is 10.2. The van der Waals surface area contributed by atoms with E-state index in [0.717, 1.165) is 14.9 Å². The first-order chi connectivity index (χ1) is 6.18. The number of likely N-dealkylation sites (N-methyl/N-ethyl adjacent to an activating group) is 1. The van der Waals surface area contributed by atoms with E-state index in [0.29, 0.717) is 6.54 Å². The second-order valence-electron chi connectivity index (χ2n) is 3.04. The van der Waals surface area contributed by atoms with Crippen molar-refractivity contribution in [3.05, 3.63) is 21.8 Å². The van der Waals surface area contributed by atoms with E-state index in [2.05, 4.69) is 27.9 Å². The maximum atomic E-state index is 11.2. The van der Waals surface area contributed by atoms with Gasteiger partial charge in [-0.1, -0.05) is 6.07 Å². The molecule has 3 nitrogen and oxygen atoms in total. The van der Waals surface area contributed by atoms with Gasteiger partial charge in [0.25, 0.3) is 0 Å². The number of rotatable bonds is 0. The minimum absolute atomic E-state index is 0.0528. The molecule has 1 N–H and O–H groups in total. The summed E-state index contributed by atoms with van der Waals surface area (Å²) in [5, 5.41) is 2.85. The van der Waals surface area contributed by atoms with Gasteiger partial charge >= 0.3 is 0 Å². The highest BCUT2D eigenvalue weighted by atomic mass is 127. The van der Waals surface area contributed by atoms with Gasteiger partial charge in [0.1, 0.15) is 0 Å². The van der Waals surface area contributed by atoms with Crippen LogP contribution < -0.4 is 10.2 Å². The molecule has 0 spiro atoms. The first-order valence-electron chi connectivity index (χ1n) is 3.98. The van der Waals surface area contributed by atoms with Crippen molar-refractivity contribution in [2.45, 2.75) is 0 Å². The van der Waals surface area contributed by atoms with E-state index in [4.69, 9.17) is 0 Å². The van der Waals surface area contributed by atoms with Crippen molar-refractivity contribution in [2.75, 3.05) is 23.8 Å². The molecule has 1 amide bonds. The Morgan fingerprint density at radius 2 is 2.31 bits per heavy atom. The van der Waals surface area contributed by atoms with E-state index in [1.165, 1.54) is 0 Å². The van der Waals surface area contributed by atoms with E-state index in [1.54, 1.807) is 0 Å². The number of carbonyl (C=O) groups excluding carboxylic acids is 1. The first-order valence-corrected chi connectivity index (χ1v) is 5.06. The highest BCUT2D eigenvalue weighted by molar-refractivity contribution is 14.1. The third-order valence-corrected chi connectivity index (χ3v) is 2.89. The standard InChI is InChI=1S/C9H9IN2O/c1-12-5-8(13)11-7-4-2-3-6(10)9(7)12/h2-4H,5H2,1H3,(H,11,13). The van der Waals surface area contributed by atoms with Crippen molar-refractivity contribution in [3.8, 4) is 0 Å². The maximum Gasteiger partial charge on any atom is 0.243 e. The molecule has 0 saturated heterocycles. The average molecular weight is 288 g/mol. The number of fused-ring (bicyclic) bond motifs is 1. The third kappa shape index (κ3) is 1.50. The summed E-state index contributed by atoms with van der Waals surface area (Å²) >= 11 is 2.27. The molecule has 0 atom stereocenters. The number of anilines is 2. The fourth-order valence-corrected chi connectivity index (χ4v) is 2.40. The molecule has 0 aromatic heterocycles. The van der Waals surface area contributed by atoms with Crippen LogP contribution in [0.5, 0.6) is 0 Å². The molecule has 13 heavy (non-hydrogen) atoms. The highest BCUT2D eigenvalue weighted by Crippen LogP contribution is 2.32. The number of carbonyl (C=O) groups is 1. The van der Waals surface area contributed by atoms with Gasteiger partial charge in [-0.25, -0.2) is 0 Å². The number of hydrogen-bond donors (Lipinski definition) is 1. The molecule has 0 bridgehead atoms. The molecule has 0 saturated carbocycles. The van der Waals surface area contributed by atoms with Gasteiger partial charge in [-0.15, -0.1) is 0 Å². The van der Waals surface area contributed by atoms with Crippen molar-refractivity contribution in [2.24, 2.45) is 0 Å². The summed E-state index contributed by atoms with van der Waals surface area (Å²) in [5.41, 5.74) is 2.02. The quantitative estimate of drug-likeness (QED) is 0.737. The van der Waals surface area contributed by atoms with Crippen molar-refractivity contribution >= 4 is 39.9 Å². The predicted molar refractivity (Wildman–Crippen MR) is 61.1 cm³/mol. The molecule has 68 valence electrons. The van der Waals surface area contributed by atoms with Gasteiger partial charge in [-0.05, 0) is 34.7 Å². The number of halogens is 1. The van der Waals surface area contributed by atoms with Gasteiger partial charge in [0.05, 0.1) is 17.9 Å². The molecular weight excluding hydrogens is 279 g/mol. The van der Waals surface area contributed by atoms with Gasteiger partial charge in [0, 0.05) is 10.6 Å². The van der Waals surface area contributed by atoms with Crippen LogP contribution in [-0.4, -0.2) is 19.5 Å². The van der Waals surface area contributed by atoms with E-state index < -0.39 is 0 Å². The zero-order chi connectivity index (χ0) is 9.42. The van der Waals surface area contributed by atoms with Crippen LogP contribution in [0.4, 0.5) is 11.4 Å². The summed E-state index contributed by atoms with van der Waals surface area (Å²) in [7, 11) is 1.93. The smallest absolute Gasteiger partial charge is 0.243 e. The van der Waals surface area contributed by atoms with E-state index in [1.807, 2.05) is 30.1 Å². The summed E-state index contributed by atoms with van der Waals surface area (Å²) in [6, 6.07) is 5.90. The van der Waals surface area contributed by atoms with Gasteiger partial charge in [0.15, 0.2) is 0 Å². The van der Waals surface area contributed by atoms with Gasteiger partial charge in [0.2, 0.25) is 5.91 Å². The Bertz CT molecular complexity index is 365. The molecule has 0 radical (unpaired) electrons. The van der Waals surface area contributed by atoms with Crippen LogP contribution in [0.3, 0.4) is 0 Å². The Labute approximate surface area is 90.3 Å². The molecule has 0 fully saturated rings. The SMILES string of the molecule is CN1CC(=O)Nc2cccc(I)c21. The second kappa shape index (κ2) is 3.17. The normalized spacial score (nSPS) is 15.2. The zero-order valence-electron chi connectivity index (χ0n) is 7.17. The summed E-state index contributed by atoms with van der Waals surface area (Å²) in [5.74, 6) is 0.0528. The lowest BCUT2D eigenvalue weighted by Gasteiger charge is -2.28. The number of para-hydroxylation sites is 1. The van der Waals surface area contributed by atoms with Gasteiger partial charge in [-0.3, -0.25) is 4.79 Å². The molecule has 1 aliphatic rings. The fraction of sp³-hybridized carbons (Fsp3) is 0.222. The molecular formula is C9H9IN2O. The summed E-state index contributed by atoms with van der Waals surface area (Å²) in [6.45, 7) is 0.438. The number of benzene rings is 1. The number of hydrogen-bond acceptors (Lipinski definition) is 2. The number of nitrogens with one attached hydrogen (secondary N) is 1. The summed E-state index contributed by atoms with van der Waals surface area (Å²) in [6.07, 6.45) is 0. The Balaban J connectivity index is 2.55. The minimum atomic E-state index is 0.0528. The van der Waals surface area contributed by atoms with Gasteiger partial charge in [-0.2, -0.15) is 0 Å². The predicted octanol–water partition coefficient (Wildman–Crippen LogP) is 1.68. The van der Waals surface area contributed by atoms with E-state index in [9.17, 15) is 4.79 Å². The molecule has 1 aromatic rings. The molecule has 4 heteroatoms. The molecule has 0 unspecified atom stereocenters. The van der Waals surface area contributed by atoms with Crippen LogP contribution in [0.1, 0.15) is 0 Å². The van der Waals surface area contributed by atoms with E-state index in [-0.39, 0.29) is 5.91 Å². The Kier molecular flexibility index (Phi) is 2.15. The summed E-state index contributed by atoms with van der Waals surface area (Å²) < 4.78 is 1.16. The molecule has 0 aliphatic carbocycles. The van der Waals surface area contributed by atoms with Crippen LogP contribution in [0, 0.1) is 3.57 Å². The third-order valence-electron chi connectivity index (χ3n) is 2.02. The molecule has 1 heterocycles. The van der Waals surface area contributed by atoms with Crippen LogP contribution in [0.25, 0.3) is 0 Å². The van der Waals surface area contributed by atoms with Crippen molar-refractivity contribution in [3.63, 3.8) is 0 Å². The van der Waals surface area contributed by atoms with Crippen LogP contribution in [0.15, 0.2) is 18.2 Å². The fourth-order valence-electron chi connectivity index (χ4n) is 1.49. The molecule has 1 aliphatic heterocycles. The highest BCUT2D eigenvalue weighted by Gasteiger charge is 2.20. The summed E-state index contributed by atoms with van der Waals surface area (Å²) in [4.78, 5) is 13.2. The second-order valence-corrected chi connectivity index (χ2v) is 4.20. The Morgan fingerprint density at radius 3 is 3.08 bits per heavy atom. The maximum absolute atomic E-state index is 11.2. The monoisotopic (exact) mass is 288 g/mol. The average Bonchev–Trinajstić information content (AvgIpc) is 2.02.